The summed E-state index contributed by atoms with van der Waals surface area (Å²) in [7, 11) is 1.90. The molecule has 6 aromatic rings. The molecule has 20 heteroatoms. The predicted molar refractivity (Wildman–Crippen MR) is 276 cm³/mol. The molecule has 72 heavy (non-hydrogen) atoms. The van der Waals surface area contributed by atoms with Gasteiger partial charge in [0.05, 0.1) is 25.9 Å². The van der Waals surface area contributed by atoms with Gasteiger partial charge in [-0.05, 0) is 84.6 Å². The van der Waals surface area contributed by atoms with Crippen LogP contribution < -0.4 is 20.0 Å². The number of carbonyl (C=O) groups is 4. The molecule has 4 heterocycles. The van der Waals surface area contributed by atoms with Gasteiger partial charge >= 0.3 is 24.1 Å². The summed E-state index contributed by atoms with van der Waals surface area (Å²) >= 11 is 0. The van der Waals surface area contributed by atoms with E-state index in [-0.39, 0.29) is 38.2 Å². The highest BCUT2D eigenvalue weighted by molar-refractivity contribution is 5.92. The Hall–Kier alpha value is -7.38. The van der Waals surface area contributed by atoms with Crippen molar-refractivity contribution in [2.45, 2.75) is 138 Å². The lowest BCUT2D eigenvalue weighted by atomic mass is 10.1. The molecule has 1 N–H and O–H groups in total. The Balaban J connectivity index is 1.23. The number of rotatable bonds is 23. The first-order valence-electron chi connectivity index (χ1n) is 24.7. The fourth-order valence-corrected chi connectivity index (χ4v) is 7.58. The number of anilines is 5. The number of carbonyl (C=O) groups excluding carboxylic acids is 4. The van der Waals surface area contributed by atoms with Crippen molar-refractivity contribution in [3.8, 4) is 0 Å². The minimum absolute atomic E-state index is 0.0623. The zero-order valence-electron chi connectivity index (χ0n) is 43.4. The fourth-order valence-electron chi connectivity index (χ4n) is 7.58. The van der Waals surface area contributed by atoms with Crippen LogP contribution in [0.2, 0.25) is 0 Å². The van der Waals surface area contributed by atoms with Crippen LogP contribution in [0.4, 0.5) is 38.8 Å². The summed E-state index contributed by atoms with van der Waals surface area (Å²) in [6.45, 7) is 17.8. The molecule has 0 unspecified atom stereocenters. The second-order valence-corrected chi connectivity index (χ2v) is 19.4. The van der Waals surface area contributed by atoms with Gasteiger partial charge in [0.1, 0.15) is 24.3 Å². The molecule has 0 saturated carbocycles. The zero-order valence-corrected chi connectivity index (χ0v) is 43.4. The van der Waals surface area contributed by atoms with Crippen LogP contribution >= 0.6 is 0 Å². The maximum absolute atomic E-state index is 13.7. The molecule has 0 fully saturated rings. The average Bonchev–Trinajstić information content (AvgIpc) is 3.91. The summed E-state index contributed by atoms with van der Waals surface area (Å²) in [6.07, 6.45) is 7.25. The van der Waals surface area contributed by atoms with Gasteiger partial charge in [-0.1, -0.05) is 82.0 Å². The smallest absolute Gasteiger partial charge is 0.417 e. The van der Waals surface area contributed by atoms with Crippen molar-refractivity contribution in [1.82, 2.24) is 39.0 Å². The Labute approximate surface area is 421 Å². The van der Waals surface area contributed by atoms with Gasteiger partial charge in [0.2, 0.25) is 11.9 Å². The standard InChI is InChI=1S/C52H70N12O8/c1-11-14-19-27-63(49(67)71-51(4,5)6)47-56-43(41-45(58-47)61(34-53-41)32-39(65)69-13-3)55-38-25-21-24-36(30-38)26-29-70-40(66)33-62-35-54-42-44(60(10)31-37-22-17-16-18-23-37)57-48(59-46(42)62)64(28-20-15-12-2)50(68)72-52(7,8)9/h16-18,21-25,30,34-35H,11-15,19-20,26-29,31-33H2,1-10H3,(H,55,56,58). The Kier molecular flexibility index (Phi) is 18.5. The highest BCUT2D eigenvalue weighted by Crippen LogP contribution is 2.30. The van der Waals surface area contributed by atoms with Gasteiger partial charge in [0.25, 0.3) is 0 Å². The van der Waals surface area contributed by atoms with Crippen LogP contribution in [-0.2, 0) is 54.6 Å². The molecule has 6 rings (SSSR count). The number of imidazole rings is 2. The lowest BCUT2D eigenvalue weighted by molar-refractivity contribution is -0.144. The number of nitrogens with zero attached hydrogens (tertiary/aromatic N) is 11. The van der Waals surface area contributed by atoms with Gasteiger partial charge in [0, 0.05) is 38.8 Å². The van der Waals surface area contributed by atoms with E-state index in [1.54, 1.807) is 36.8 Å². The van der Waals surface area contributed by atoms with Crippen LogP contribution in [0.25, 0.3) is 22.3 Å². The lowest BCUT2D eigenvalue weighted by Crippen LogP contribution is -2.39. The monoisotopic (exact) mass is 991 g/mol. The number of nitrogens with one attached hydrogen (secondary N) is 1. The van der Waals surface area contributed by atoms with Crippen LogP contribution in [0.3, 0.4) is 0 Å². The molecule has 0 saturated heterocycles. The topological polar surface area (TPSA) is 214 Å². The van der Waals surface area contributed by atoms with Crippen molar-refractivity contribution in [2.75, 3.05) is 53.4 Å². The number of fused-ring (bicyclic) bond motifs is 2. The quantitative estimate of drug-likeness (QED) is 0.0359. The van der Waals surface area contributed by atoms with Crippen molar-refractivity contribution in [3.05, 3.63) is 78.4 Å². The molecule has 0 aliphatic carbocycles. The van der Waals surface area contributed by atoms with Crippen LogP contribution in [0.5, 0.6) is 0 Å². The van der Waals surface area contributed by atoms with E-state index in [4.69, 9.17) is 38.9 Å². The maximum atomic E-state index is 13.7. The van der Waals surface area contributed by atoms with Crippen LogP contribution in [0.1, 0.15) is 112 Å². The molecule has 2 amide bonds. The molecular weight excluding hydrogens is 921 g/mol. The van der Waals surface area contributed by atoms with E-state index in [2.05, 4.69) is 29.1 Å². The highest BCUT2D eigenvalue weighted by Gasteiger charge is 2.30. The van der Waals surface area contributed by atoms with Crippen molar-refractivity contribution < 1.29 is 38.1 Å². The van der Waals surface area contributed by atoms with Gasteiger partial charge in [-0.2, -0.15) is 19.9 Å². The third-order valence-corrected chi connectivity index (χ3v) is 10.9. The van der Waals surface area contributed by atoms with E-state index in [0.29, 0.717) is 78.5 Å². The highest BCUT2D eigenvalue weighted by atomic mass is 16.6. The Morgan fingerprint density at radius 3 is 1.75 bits per heavy atom. The third-order valence-electron chi connectivity index (χ3n) is 10.9. The van der Waals surface area contributed by atoms with Gasteiger partial charge in [0.15, 0.2) is 34.0 Å². The first-order valence-corrected chi connectivity index (χ1v) is 24.7. The molecule has 4 aromatic heterocycles. The van der Waals surface area contributed by atoms with Crippen LogP contribution in [0.15, 0.2) is 67.3 Å². The molecule has 0 aliphatic rings. The molecule has 0 bridgehead atoms. The molecule has 386 valence electrons. The van der Waals surface area contributed by atoms with E-state index in [0.717, 1.165) is 36.8 Å². The normalized spacial score (nSPS) is 11.6. The molecule has 0 spiro atoms. The molecule has 20 nitrogen and oxygen atoms in total. The number of ether oxygens (including phenoxy) is 4. The van der Waals surface area contributed by atoms with Gasteiger partial charge in [-0.15, -0.1) is 0 Å². The predicted octanol–water partition coefficient (Wildman–Crippen LogP) is 9.56. The summed E-state index contributed by atoms with van der Waals surface area (Å²) in [5, 5.41) is 3.36. The number of hydrogen-bond donors (Lipinski definition) is 1. The minimum Gasteiger partial charge on any atom is -0.465 e. The van der Waals surface area contributed by atoms with E-state index >= 15 is 0 Å². The molecule has 2 aromatic carbocycles. The van der Waals surface area contributed by atoms with Gasteiger partial charge in [-0.3, -0.25) is 9.59 Å². The second kappa shape index (κ2) is 24.6. The molecule has 0 radical (unpaired) electrons. The largest absolute Gasteiger partial charge is 0.465 e. The lowest BCUT2D eigenvalue weighted by Gasteiger charge is -2.27. The Morgan fingerprint density at radius 1 is 0.639 bits per heavy atom. The number of unbranched alkanes of at least 4 members (excludes halogenated alkanes) is 4. The summed E-state index contributed by atoms with van der Waals surface area (Å²) < 4.78 is 25.8. The van der Waals surface area contributed by atoms with Crippen molar-refractivity contribution in [3.63, 3.8) is 0 Å². The van der Waals surface area contributed by atoms with Gasteiger partial charge < -0.3 is 38.3 Å². The molecule has 0 atom stereocenters. The number of aromatic nitrogens is 8. The number of esters is 2. The first-order chi connectivity index (χ1) is 34.4. The molecular formula is C52H70N12O8. The number of hydrogen-bond acceptors (Lipinski definition) is 16. The van der Waals surface area contributed by atoms with Crippen molar-refractivity contribution in [2.24, 2.45) is 0 Å². The van der Waals surface area contributed by atoms with Crippen LogP contribution in [0, 0.1) is 0 Å². The van der Waals surface area contributed by atoms with E-state index in [1.807, 2.05) is 87.3 Å². The molecule has 0 aliphatic heterocycles. The summed E-state index contributed by atoms with van der Waals surface area (Å²) in [4.78, 5) is 86.9. The van der Waals surface area contributed by atoms with E-state index < -0.39 is 35.3 Å². The Bertz CT molecular complexity index is 2780. The Morgan fingerprint density at radius 2 is 1.18 bits per heavy atom. The van der Waals surface area contributed by atoms with Crippen molar-refractivity contribution in [1.29, 1.82) is 0 Å². The van der Waals surface area contributed by atoms with Gasteiger partial charge in [-0.25, -0.2) is 29.4 Å². The van der Waals surface area contributed by atoms with Crippen molar-refractivity contribution >= 4 is 75.7 Å². The minimum atomic E-state index is -0.775. The SMILES string of the molecule is CCCCCN(C(=O)OC(C)(C)C)c1nc(Nc2cccc(CCOC(=O)Cn3cnc4c(N(C)Cc5ccccc5)nc(N(CCCCC)C(=O)OC(C)(C)C)nc43)c2)c2ncn(CC(=O)OCC)c2n1. The third kappa shape index (κ3) is 15.1. The maximum Gasteiger partial charge on any atom is 0.417 e. The van der Waals surface area contributed by atoms with Crippen LogP contribution in [-0.4, -0.2) is 108 Å². The zero-order chi connectivity index (χ0) is 52.0. The summed E-state index contributed by atoms with van der Waals surface area (Å²) in [5.74, 6) is 0.0271. The van der Waals surface area contributed by atoms with E-state index in [1.165, 1.54) is 22.5 Å². The van der Waals surface area contributed by atoms with E-state index in [9.17, 15) is 19.2 Å². The number of amides is 2. The first kappa shape index (κ1) is 54.0. The average molecular weight is 991 g/mol. The number of benzene rings is 2. The second-order valence-electron chi connectivity index (χ2n) is 19.4. The fraction of sp³-hybridized carbons (Fsp3) is 0.500. The summed E-state index contributed by atoms with van der Waals surface area (Å²) in [5.41, 5.74) is 2.51. The summed E-state index contributed by atoms with van der Waals surface area (Å²) in [6, 6.07) is 17.5.